The number of nitrogens with two attached hydrogens (primary N) is 1. The second-order valence-corrected chi connectivity index (χ2v) is 4.01. The molecular formula is C10H11BrN2O4. The highest BCUT2D eigenvalue weighted by Crippen LogP contribution is 2.27. The number of carbonyl (C=O) groups is 2. The van der Waals surface area contributed by atoms with Crippen LogP contribution < -0.4 is 15.8 Å². The van der Waals surface area contributed by atoms with Crippen LogP contribution in [0.15, 0.2) is 22.7 Å². The Morgan fingerprint density at radius 2 is 2.18 bits per heavy atom. The molecule has 1 unspecified atom stereocenters. The first kappa shape index (κ1) is 13.5. The molecule has 1 atom stereocenters. The van der Waals surface area contributed by atoms with Gasteiger partial charge in [-0.25, -0.2) is 4.79 Å². The summed E-state index contributed by atoms with van der Waals surface area (Å²) in [5.41, 5.74) is 5.58. The van der Waals surface area contributed by atoms with Gasteiger partial charge in [-0.1, -0.05) is 0 Å². The second-order valence-electron chi connectivity index (χ2n) is 3.15. The lowest BCUT2D eigenvalue weighted by Crippen LogP contribution is -2.42. The monoisotopic (exact) mass is 302 g/mol. The third-order valence-corrected chi connectivity index (χ3v) is 2.59. The minimum absolute atomic E-state index is 0.430. The smallest absolute Gasteiger partial charge is 0.330 e. The molecule has 0 aromatic heterocycles. The van der Waals surface area contributed by atoms with Crippen molar-refractivity contribution in [1.82, 2.24) is 0 Å². The Morgan fingerprint density at radius 3 is 2.65 bits per heavy atom. The van der Waals surface area contributed by atoms with Gasteiger partial charge in [-0.15, -0.1) is 0 Å². The van der Waals surface area contributed by atoms with Crippen LogP contribution in [0, 0.1) is 0 Å². The van der Waals surface area contributed by atoms with Crippen molar-refractivity contribution < 1.29 is 19.4 Å². The van der Waals surface area contributed by atoms with E-state index < -0.39 is 17.9 Å². The minimum Gasteiger partial charge on any atom is -0.496 e. The lowest BCUT2D eigenvalue weighted by Gasteiger charge is -2.10. The number of hydrogen-bond donors (Lipinski definition) is 3. The number of aliphatic carboxylic acids is 1. The summed E-state index contributed by atoms with van der Waals surface area (Å²) in [7, 11) is 1.51. The van der Waals surface area contributed by atoms with E-state index in [0.717, 1.165) is 0 Å². The maximum atomic E-state index is 11.4. The number of hydrogen-bond acceptors (Lipinski definition) is 4. The number of halogens is 1. The SMILES string of the molecule is COc1ccc(NC(=O)C(N)C(=O)O)cc1Br. The van der Waals surface area contributed by atoms with Gasteiger partial charge in [-0.2, -0.15) is 0 Å². The van der Waals surface area contributed by atoms with Crippen molar-refractivity contribution in [3.63, 3.8) is 0 Å². The van der Waals surface area contributed by atoms with Crippen molar-refractivity contribution in [1.29, 1.82) is 0 Å². The zero-order valence-electron chi connectivity index (χ0n) is 8.94. The number of amides is 1. The van der Waals surface area contributed by atoms with Crippen molar-refractivity contribution in [3.05, 3.63) is 22.7 Å². The highest BCUT2D eigenvalue weighted by molar-refractivity contribution is 9.10. The van der Waals surface area contributed by atoms with E-state index in [4.69, 9.17) is 15.6 Å². The number of rotatable bonds is 4. The average molecular weight is 303 g/mol. The summed E-state index contributed by atoms with van der Waals surface area (Å²) in [5, 5.41) is 10.9. The number of methoxy groups -OCH3 is 1. The summed E-state index contributed by atoms with van der Waals surface area (Å²) in [6.45, 7) is 0. The number of carboxylic acid groups (broad SMARTS) is 1. The molecule has 0 aliphatic rings. The number of carbonyl (C=O) groups excluding carboxylic acids is 1. The van der Waals surface area contributed by atoms with Crippen LogP contribution in [0.25, 0.3) is 0 Å². The fourth-order valence-electron chi connectivity index (χ4n) is 1.08. The third-order valence-electron chi connectivity index (χ3n) is 1.97. The molecule has 0 saturated heterocycles. The van der Waals surface area contributed by atoms with E-state index >= 15 is 0 Å². The number of benzene rings is 1. The van der Waals surface area contributed by atoms with Crippen molar-refractivity contribution >= 4 is 33.5 Å². The number of ether oxygens (including phenoxy) is 1. The first-order chi connectivity index (χ1) is 7.95. The van der Waals surface area contributed by atoms with Crippen molar-refractivity contribution in [2.45, 2.75) is 6.04 Å². The number of carboxylic acids is 1. The van der Waals surface area contributed by atoms with Crippen LogP contribution in [0.4, 0.5) is 5.69 Å². The highest BCUT2D eigenvalue weighted by atomic mass is 79.9. The van der Waals surface area contributed by atoms with E-state index in [1.807, 2.05) is 0 Å². The molecule has 4 N–H and O–H groups in total. The molecule has 0 bridgehead atoms. The fraction of sp³-hybridized carbons (Fsp3) is 0.200. The van der Waals surface area contributed by atoms with Gasteiger partial charge in [0.1, 0.15) is 5.75 Å². The fourth-order valence-corrected chi connectivity index (χ4v) is 1.62. The number of nitrogens with one attached hydrogen (secondary N) is 1. The van der Waals surface area contributed by atoms with E-state index in [0.29, 0.717) is 15.9 Å². The van der Waals surface area contributed by atoms with Gasteiger partial charge in [0.05, 0.1) is 11.6 Å². The van der Waals surface area contributed by atoms with Crippen LogP contribution in [0.3, 0.4) is 0 Å². The van der Waals surface area contributed by atoms with E-state index in [2.05, 4.69) is 21.2 Å². The molecular weight excluding hydrogens is 292 g/mol. The van der Waals surface area contributed by atoms with Gasteiger partial charge >= 0.3 is 5.97 Å². The first-order valence-electron chi connectivity index (χ1n) is 4.58. The Morgan fingerprint density at radius 1 is 1.53 bits per heavy atom. The van der Waals surface area contributed by atoms with Gasteiger partial charge in [-0.05, 0) is 34.1 Å². The average Bonchev–Trinajstić information content (AvgIpc) is 2.28. The zero-order chi connectivity index (χ0) is 13.0. The number of anilines is 1. The summed E-state index contributed by atoms with van der Waals surface area (Å²) in [4.78, 5) is 21.8. The van der Waals surface area contributed by atoms with Gasteiger partial charge in [0.15, 0.2) is 6.04 Å². The molecule has 7 heteroatoms. The van der Waals surface area contributed by atoms with Gasteiger partial charge in [0.25, 0.3) is 5.91 Å². The summed E-state index contributed by atoms with van der Waals surface area (Å²) in [5.74, 6) is -1.56. The molecule has 0 fully saturated rings. The van der Waals surface area contributed by atoms with Crippen molar-refractivity contribution in [2.75, 3.05) is 12.4 Å². The topological polar surface area (TPSA) is 102 Å². The quantitative estimate of drug-likeness (QED) is 0.714. The summed E-state index contributed by atoms with van der Waals surface area (Å²) >= 11 is 3.24. The van der Waals surface area contributed by atoms with Crippen LogP contribution in [0.5, 0.6) is 5.75 Å². The molecule has 1 aromatic rings. The van der Waals surface area contributed by atoms with Crippen LogP contribution >= 0.6 is 15.9 Å². The van der Waals surface area contributed by atoms with Crippen LogP contribution in [-0.4, -0.2) is 30.1 Å². The molecule has 1 rings (SSSR count). The van der Waals surface area contributed by atoms with Gasteiger partial charge in [0.2, 0.25) is 0 Å². The summed E-state index contributed by atoms with van der Waals surface area (Å²) < 4.78 is 5.65. The summed E-state index contributed by atoms with van der Waals surface area (Å²) in [6, 6.07) is 3.21. The molecule has 1 aromatic carbocycles. The van der Waals surface area contributed by atoms with Crippen molar-refractivity contribution in [3.8, 4) is 5.75 Å². The zero-order valence-corrected chi connectivity index (χ0v) is 10.5. The predicted octanol–water partition coefficient (Wildman–Crippen LogP) is 0.808. The molecule has 6 nitrogen and oxygen atoms in total. The minimum atomic E-state index is -1.59. The highest BCUT2D eigenvalue weighted by Gasteiger charge is 2.21. The van der Waals surface area contributed by atoms with E-state index in [1.54, 1.807) is 18.2 Å². The molecule has 17 heavy (non-hydrogen) atoms. The third kappa shape index (κ3) is 3.43. The van der Waals surface area contributed by atoms with E-state index in [1.165, 1.54) is 7.11 Å². The maximum Gasteiger partial charge on any atom is 0.330 e. The van der Waals surface area contributed by atoms with Gasteiger partial charge < -0.3 is 20.9 Å². The Labute approximate surface area is 106 Å². The van der Waals surface area contributed by atoms with E-state index in [-0.39, 0.29) is 0 Å². The molecule has 0 saturated carbocycles. The molecule has 0 spiro atoms. The molecule has 0 radical (unpaired) electrons. The molecule has 1 amide bonds. The lowest BCUT2D eigenvalue weighted by atomic mass is 10.2. The summed E-state index contributed by atoms with van der Waals surface area (Å²) in [6.07, 6.45) is 0. The Kier molecular flexibility index (Phi) is 4.47. The predicted molar refractivity (Wildman–Crippen MR) is 64.9 cm³/mol. The van der Waals surface area contributed by atoms with Crippen LogP contribution in [-0.2, 0) is 9.59 Å². The van der Waals surface area contributed by atoms with Gasteiger partial charge in [-0.3, -0.25) is 4.79 Å². The van der Waals surface area contributed by atoms with Crippen molar-refractivity contribution in [2.24, 2.45) is 5.73 Å². The molecule has 0 aliphatic carbocycles. The maximum absolute atomic E-state index is 11.4. The standard InChI is InChI=1S/C10H11BrN2O4/c1-17-7-3-2-5(4-6(7)11)13-9(14)8(12)10(15)16/h2-4,8H,12H2,1H3,(H,13,14)(H,15,16). The largest absolute Gasteiger partial charge is 0.496 e. The molecule has 0 aliphatic heterocycles. The van der Waals surface area contributed by atoms with Gasteiger partial charge in [0, 0.05) is 5.69 Å². The van der Waals surface area contributed by atoms with E-state index in [9.17, 15) is 9.59 Å². The first-order valence-corrected chi connectivity index (χ1v) is 5.37. The molecule has 0 heterocycles. The Hall–Kier alpha value is -1.60. The molecule has 92 valence electrons. The Bertz CT molecular complexity index is 450. The lowest BCUT2D eigenvalue weighted by molar-refractivity contribution is -0.141. The van der Waals surface area contributed by atoms with Crippen LogP contribution in [0.1, 0.15) is 0 Å². The second kappa shape index (κ2) is 5.65. The normalized spacial score (nSPS) is 11.7. The Balaban J connectivity index is 2.79. The van der Waals surface area contributed by atoms with Crippen LogP contribution in [0.2, 0.25) is 0 Å².